The van der Waals surface area contributed by atoms with E-state index in [1.165, 1.54) is 42.1 Å². The van der Waals surface area contributed by atoms with E-state index in [2.05, 4.69) is 22.4 Å². The fraction of sp³-hybridized carbons (Fsp3) is 0.818. The van der Waals surface area contributed by atoms with Crippen LogP contribution in [0, 0.1) is 0 Å². The third kappa shape index (κ3) is 1.81. The summed E-state index contributed by atoms with van der Waals surface area (Å²) < 4.78 is 0. The van der Waals surface area contributed by atoms with E-state index in [9.17, 15) is 0 Å². The van der Waals surface area contributed by atoms with E-state index in [4.69, 9.17) is 0 Å². The lowest BCUT2D eigenvalue weighted by Crippen LogP contribution is -2.26. The second-order valence-electron chi connectivity index (χ2n) is 5.01. The third-order valence-electron chi connectivity index (χ3n) is 3.57. The molecular formula is C11H17N3S. The van der Waals surface area contributed by atoms with Crippen LogP contribution < -0.4 is 5.32 Å². The van der Waals surface area contributed by atoms with Gasteiger partial charge in [0.1, 0.15) is 10.0 Å². The zero-order valence-electron chi connectivity index (χ0n) is 9.12. The summed E-state index contributed by atoms with van der Waals surface area (Å²) in [6.45, 7) is 3.43. The van der Waals surface area contributed by atoms with E-state index in [-0.39, 0.29) is 0 Å². The zero-order valence-corrected chi connectivity index (χ0v) is 9.94. The summed E-state index contributed by atoms with van der Waals surface area (Å²) in [5, 5.41) is 14.7. The minimum Gasteiger partial charge on any atom is -0.308 e. The Balaban J connectivity index is 1.77. The second kappa shape index (κ2) is 3.52. The van der Waals surface area contributed by atoms with Gasteiger partial charge >= 0.3 is 0 Å². The number of rotatable bonds is 2. The van der Waals surface area contributed by atoms with Crippen molar-refractivity contribution in [1.82, 2.24) is 15.5 Å². The van der Waals surface area contributed by atoms with Crippen molar-refractivity contribution >= 4 is 11.3 Å². The monoisotopic (exact) mass is 223 g/mol. The molecule has 0 bridgehead atoms. The maximum atomic E-state index is 4.35. The number of piperidine rings is 1. The Labute approximate surface area is 94.3 Å². The van der Waals surface area contributed by atoms with Gasteiger partial charge in [0.2, 0.25) is 0 Å². The molecular weight excluding hydrogens is 206 g/mol. The predicted octanol–water partition coefficient (Wildman–Crippen LogP) is 2.40. The first-order valence-electron chi connectivity index (χ1n) is 5.85. The highest BCUT2D eigenvalue weighted by Gasteiger charge is 2.42. The van der Waals surface area contributed by atoms with Crippen molar-refractivity contribution in [3.8, 4) is 0 Å². The molecule has 0 amide bonds. The molecule has 3 nitrogen and oxygen atoms in total. The van der Waals surface area contributed by atoms with Gasteiger partial charge in [0.25, 0.3) is 0 Å². The largest absolute Gasteiger partial charge is 0.308 e. The lowest BCUT2D eigenvalue weighted by atomic mass is 10.1. The molecule has 1 aliphatic carbocycles. The van der Waals surface area contributed by atoms with Crippen LogP contribution in [-0.4, -0.2) is 16.7 Å². The zero-order chi connectivity index (χ0) is 10.3. The first-order chi connectivity index (χ1) is 7.28. The Kier molecular flexibility index (Phi) is 2.29. The normalized spacial score (nSPS) is 29.0. The molecule has 1 aromatic heterocycles. The highest BCUT2D eigenvalue weighted by atomic mass is 32.1. The van der Waals surface area contributed by atoms with Crippen LogP contribution in [-0.2, 0) is 5.41 Å². The Hall–Kier alpha value is -0.480. The number of nitrogens with zero attached hydrogens (tertiary/aromatic N) is 2. The van der Waals surface area contributed by atoms with Crippen LogP contribution in [0.2, 0.25) is 0 Å². The first kappa shape index (κ1) is 9.73. The van der Waals surface area contributed by atoms with Gasteiger partial charge in [0, 0.05) is 5.41 Å². The van der Waals surface area contributed by atoms with Crippen LogP contribution in [0.4, 0.5) is 0 Å². The van der Waals surface area contributed by atoms with Crippen LogP contribution in [0.25, 0.3) is 0 Å². The molecule has 2 fully saturated rings. The quantitative estimate of drug-likeness (QED) is 0.836. The molecule has 0 aromatic carbocycles. The summed E-state index contributed by atoms with van der Waals surface area (Å²) in [7, 11) is 0. The molecule has 0 radical (unpaired) electrons. The lowest BCUT2D eigenvalue weighted by Gasteiger charge is -2.20. The van der Waals surface area contributed by atoms with Gasteiger partial charge in [0.05, 0.1) is 6.04 Å². The summed E-state index contributed by atoms with van der Waals surface area (Å²) in [6, 6.07) is 0.479. The predicted molar refractivity (Wildman–Crippen MR) is 61.1 cm³/mol. The average molecular weight is 223 g/mol. The summed E-state index contributed by atoms with van der Waals surface area (Å²) in [5.74, 6) is 0. The van der Waals surface area contributed by atoms with Gasteiger partial charge in [-0.3, -0.25) is 0 Å². The highest BCUT2D eigenvalue weighted by molar-refractivity contribution is 7.11. The lowest BCUT2D eigenvalue weighted by molar-refractivity contribution is 0.409. The van der Waals surface area contributed by atoms with Crippen LogP contribution in [0.3, 0.4) is 0 Å². The first-order valence-corrected chi connectivity index (χ1v) is 6.67. The maximum Gasteiger partial charge on any atom is 0.134 e. The van der Waals surface area contributed by atoms with E-state index >= 15 is 0 Å². The summed E-state index contributed by atoms with van der Waals surface area (Å²) in [5.41, 5.74) is 0.380. The average Bonchev–Trinajstić information content (AvgIpc) is 2.85. The molecule has 4 heteroatoms. The number of hydrogen-bond acceptors (Lipinski definition) is 4. The Bertz CT molecular complexity index is 350. The Morgan fingerprint density at radius 3 is 2.87 bits per heavy atom. The SMILES string of the molecule is CC1(c2nnc(C3CCCCN3)s2)CC1. The molecule has 1 unspecified atom stereocenters. The fourth-order valence-corrected chi connectivity index (χ4v) is 3.24. The summed E-state index contributed by atoms with van der Waals surface area (Å²) in [6.07, 6.45) is 6.44. The smallest absolute Gasteiger partial charge is 0.134 e. The highest BCUT2D eigenvalue weighted by Crippen LogP contribution is 2.49. The van der Waals surface area contributed by atoms with Crippen molar-refractivity contribution in [1.29, 1.82) is 0 Å². The molecule has 2 aliphatic rings. The van der Waals surface area contributed by atoms with Gasteiger partial charge in [0.15, 0.2) is 0 Å². The molecule has 1 saturated carbocycles. The molecule has 1 aliphatic heterocycles. The minimum atomic E-state index is 0.380. The molecule has 82 valence electrons. The minimum absolute atomic E-state index is 0.380. The molecule has 1 atom stereocenters. The molecule has 2 heterocycles. The van der Waals surface area contributed by atoms with Gasteiger partial charge < -0.3 is 5.32 Å². The third-order valence-corrected chi connectivity index (χ3v) is 4.91. The topological polar surface area (TPSA) is 37.8 Å². The van der Waals surface area contributed by atoms with Gasteiger partial charge in [-0.1, -0.05) is 24.7 Å². The summed E-state index contributed by atoms with van der Waals surface area (Å²) in [4.78, 5) is 0. The van der Waals surface area contributed by atoms with Crippen molar-refractivity contribution in [3.05, 3.63) is 10.0 Å². The van der Waals surface area contributed by atoms with Gasteiger partial charge in [-0.15, -0.1) is 10.2 Å². The molecule has 15 heavy (non-hydrogen) atoms. The van der Waals surface area contributed by atoms with E-state index in [1.54, 1.807) is 0 Å². The molecule has 1 saturated heterocycles. The van der Waals surface area contributed by atoms with Crippen molar-refractivity contribution < 1.29 is 0 Å². The van der Waals surface area contributed by atoms with Gasteiger partial charge in [-0.05, 0) is 32.2 Å². The number of hydrogen-bond donors (Lipinski definition) is 1. The number of nitrogens with one attached hydrogen (secondary N) is 1. The standard InChI is InChI=1S/C11H17N3S/c1-11(5-6-11)10-14-13-9(15-10)8-4-2-3-7-12-8/h8,12H,2-7H2,1H3. The van der Waals surface area contributed by atoms with Crippen LogP contribution >= 0.6 is 11.3 Å². The van der Waals surface area contributed by atoms with E-state index in [1.807, 2.05) is 11.3 Å². The van der Waals surface area contributed by atoms with E-state index < -0.39 is 0 Å². The van der Waals surface area contributed by atoms with Crippen molar-refractivity contribution in [2.24, 2.45) is 0 Å². The van der Waals surface area contributed by atoms with Crippen LogP contribution in [0.1, 0.15) is 55.1 Å². The summed E-state index contributed by atoms with van der Waals surface area (Å²) >= 11 is 1.82. The van der Waals surface area contributed by atoms with Crippen LogP contribution in [0.5, 0.6) is 0 Å². The van der Waals surface area contributed by atoms with E-state index in [0.29, 0.717) is 11.5 Å². The van der Waals surface area contributed by atoms with Crippen molar-refractivity contribution in [2.75, 3.05) is 6.54 Å². The molecule has 3 rings (SSSR count). The second-order valence-corrected chi connectivity index (χ2v) is 6.02. The van der Waals surface area contributed by atoms with E-state index in [0.717, 1.165) is 6.54 Å². The van der Waals surface area contributed by atoms with Gasteiger partial charge in [-0.2, -0.15) is 0 Å². The van der Waals surface area contributed by atoms with Crippen molar-refractivity contribution in [2.45, 2.75) is 50.5 Å². The molecule has 0 spiro atoms. The molecule has 1 N–H and O–H groups in total. The maximum absolute atomic E-state index is 4.35. The van der Waals surface area contributed by atoms with Crippen LogP contribution in [0.15, 0.2) is 0 Å². The fourth-order valence-electron chi connectivity index (χ4n) is 2.08. The Morgan fingerprint density at radius 1 is 1.33 bits per heavy atom. The van der Waals surface area contributed by atoms with Crippen molar-refractivity contribution in [3.63, 3.8) is 0 Å². The molecule has 1 aromatic rings. The number of aromatic nitrogens is 2. The van der Waals surface area contributed by atoms with Gasteiger partial charge in [-0.25, -0.2) is 0 Å². The Morgan fingerprint density at radius 2 is 2.20 bits per heavy atom.